The lowest BCUT2D eigenvalue weighted by molar-refractivity contribution is -0.131. The number of hydrogen-bond donors (Lipinski definition) is 1. The van der Waals surface area contributed by atoms with Crippen molar-refractivity contribution in [2.24, 2.45) is 0 Å². The molecule has 0 aliphatic carbocycles. The fourth-order valence-corrected chi connectivity index (χ4v) is 3.14. The van der Waals surface area contributed by atoms with Crippen molar-refractivity contribution in [3.05, 3.63) is 84.5 Å². The van der Waals surface area contributed by atoms with Gasteiger partial charge in [-0.1, -0.05) is 30.3 Å². The van der Waals surface area contributed by atoms with Crippen LogP contribution in [0.3, 0.4) is 0 Å². The zero-order valence-corrected chi connectivity index (χ0v) is 18.7. The molecule has 0 fully saturated rings. The molecule has 0 saturated heterocycles. The van der Waals surface area contributed by atoms with Crippen molar-refractivity contribution in [1.29, 1.82) is 0 Å². The SMILES string of the molecule is Cl.O=C(O)/C=C/c1ccc(Cn2ccnc2)cc1OCCCCCCOc1ccccc1. The first-order valence-electron chi connectivity index (χ1n) is 10.5. The normalized spacial score (nSPS) is 10.6. The third-order valence-corrected chi connectivity index (χ3v) is 4.72. The summed E-state index contributed by atoms with van der Waals surface area (Å²) in [7, 11) is 0. The lowest BCUT2D eigenvalue weighted by atomic mass is 10.1. The molecule has 1 aromatic heterocycles. The molecule has 0 unspecified atom stereocenters. The van der Waals surface area contributed by atoms with Crippen LogP contribution in [-0.4, -0.2) is 33.8 Å². The summed E-state index contributed by atoms with van der Waals surface area (Å²) in [6.07, 6.45) is 12.2. The first kappa shape index (κ1) is 25.0. The van der Waals surface area contributed by atoms with Gasteiger partial charge in [-0.2, -0.15) is 0 Å². The zero-order valence-electron chi connectivity index (χ0n) is 17.9. The summed E-state index contributed by atoms with van der Waals surface area (Å²) in [6.45, 7) is 1.98. The number of imidazole rings is 1. The summed E-state index contributed by atoms with van der Waals surface area (Å²) in [5, 5.41) is 8.93. The van der Waals surface area contributed by atoms with Crippen LogP contribution in [0, 0.1) is 0 Å². The maximum Gasteiger partial charge on any atom is 0.328 e. The second-order valence-corrected chi connectivity index (χ2v) is 7.20. The molecule has 6 nitrogen and oxygen atoms in total. The predicted molar refractivity (Wildman–Crippen MR) is 128 cm³/mol. The van der Waals surface area contributed by atoms with Crippen molar-refractivity contribution in [3.63, 3.8) is 0 Å². The summed E-state index contributed by atoms with van der Waals surface area (Å²) in [6, 6.07) is 15.7. The summed E-state index contributed by atoms with van der Waals surface area (Å²) in [5.74, 6) is 0.622. The van der Waals surface area contributed by atoms with Crippen LogP contribution >= 0.6 is 12.4 Å². The zero-order chi connectivity index (χ0) is 21.7. The molecule has 170 valence electrons. The number of halogens is 1. The number of hydrogen-bond acceptors (Lipinski definition) is 4. The number of benzene rings is 2. The Morgan fingerprint density at radius 1 is 1.00 bits per heavy atom. The van der Waals surface area contributed by atoms with E-state index in [2.05, 4.69) is 4.98 Å². The monoisotopic (exact) mass is 456 g/mol. The first-order valence-corrected chi connectivity index (χ1v) is 10.5. The molecule has 1 heterocycles. The van der Waals surface area contributed by atoms with Gasteiger partial charge in [0.2, 0.25) is 0 Å². The smallest absolute Gasteiger partial charge is 0.328 e. The fraction of sp³-hybridized carbons (Fsp3) is 0.280. The largest absolute Gasteiger partial charge is 0.494 e. The summed E-state index contributed by atoms with van der Waals surface area (Å²) < 4.78 is 13.7. The Morgan fingerprint density at radius 2 is 1.75 bits per heavy atom. The first-order chi connectivity index (χ1) is 15.2. The summed E-state index contributed by atoms with van der Waals surface area (Å²) in [5.41, 5.74) is 1.83. The van der Waals surface area contributed by atoms with Crippen molar-refractivity contribution in [3.8, 4) is 11.5 Å². The Kier molecular flexibility index (Phi) is 10.9. The van der Waals surface area contributed by atoms with Crippen molar-refractivity contribution < 1.29 is 19.4 Å². The predicted octanol–water partition coefficient (Wildman–Crippen LogP) is 5.47. The van der Waals surface area contributed by atoms with Crippen LogP contribution in [0.5, 0.6) is 11.5 Å². The highest BCUT2D eigenvalue weighted by Gasteiger charge is 2.05. The lowest BCUT2D eigenvalue weighted by Crippen LogP contribution is -2.02. The highest BCUT2D eigenvalue weighted by atomic mass is 35.5. The maximum atomic E-state index is 10.9. The van der Waals surface area contributed by atoms with Gasteiger partial charge in [0.15, 0.2) is 0 Å². The molecular weight excluding hydrogens is 428 g/mol. The van der Waals surface area contributed by atoms with Crippen LogP contribution in [0.15, 0.2) is 73.3 Å². The van der Waals surface area contributed by atoms with Crippen molar-refractivity contribution in [1.82, 2.24) is 9.55 Å². The number of rotatable bonds is 13. The van der Waals surface area contributed by atoms with E-state index in [4.69, 9.17) is 14.6 Å². The number of carboxylic acids is 1. The van der Waals surface area contributed by atoms with Crippen LogP contribution < -0.4 is 9.47 Å². The second-order valence-electron chi connectivity index (χ2n) is 7.20. The quantitative estimate of drug-likeness (QED) is 0.273. The number of carbonyl (C=O) groups is 1. The van der Waals surface area contributed by atoms with Crippen molar-refractivity contribution in [2.45, 2.75) is 32.2 Å². The molecule has 0 atom stereocenters. The molecule has 3 aromatic rings. The number of ether oxygens (including phenoxy) is 2. The molecule has 3 rings (SSSR count). The molecule has 0 radical (unpaired) electrons. The van der Waals surface area contributed by atoms with E-state index < -0.39 is 5.97 Å². The minimum absolute atomic E-state index is 0. The number of aliphatic carboxylic acids is 1. The molecule has 1 N–H and O–H groups in total. The Morgan fingerprint density at radius 3 is 2.44 bits per heavy atom. The maximum absolute atomic E-state index is 10.9. The van der Waals surface area contributed by atoms with E-state index >= 15 is 0 Å². The number of para-hydroxylation sites is 1. The standard InChI is InChI=1S/C25H28N2O4.ClH/c28-25(29)13-12-22-11-10-21(19-27-15-14-26-20-27)18-24(22)31-17-7-2-1-6-16-30-23-8-4-3-5-9-23;/h3-5,8-15,18,20H,1-2,6-7,16-17,19H2,(H,28,29);1H/b13-12+;. The lowest BCUT2D eigenvalue weighted by Gasteiger charge is -2.12. The van der Waals surface area contributed by atoms with Crippen LogP contribution in [0.4, 0.5) is 0 Å². The van der Waals surface area contributed by atoms with Gasteiger partial charge < -0.3 is 19.1 Å². The molecule has 0 aliphatic rings. The topological polar surface area (TPSA) is 73.6 Å². The van der Waals surface area contributed by atoms with E-state index in [1.54, 1.807) is 18.6 Å². The number of aromatic nitrogens is 2. The molecule has 7 heteroatoms. The highest BCUT2D eigenvalue weighted by molar-refractivity contribution is 5.86. The van der Waals surface area contributed by atoms with E-state index in [1.807, 2.05) is 59.3 Å². The van der Waals surface area contributed by atoms with Gasteiger partial charge in [0.05, 0.1) is 19.5 Å². The highest BCUT2D eigenvalue weighted by Crippen LogP contribution is 2.23. The summed E-state index contributed by atoms with van der Waals surface area (Å²) in [4.78, 5) is 15.0. The molecule has 0 amide bonds. The molecule has 32 heavy (non-hydrogen) atoms. The van der Waals surface area contributed by atoms with Crippen molar-refractivity contribution in [2.75, 3.05) is 13.2 Å². The average molecular weight is 457 g/mol. The Bertz CT molecular complexity index is 959. The minimum Gasteiger partial charge on any atom is -0.494 e. The van der Waals surface area contributed by atoms with Gasteiger partial charge in [0.25, 0.3) is 0 Å². The molecule has 0 bridgehead atoms. The van der Waals surface area contributed by atoms with Crippen LogP contribution in [0.1, 0.15) is 36.8 Å². The van der Waals surface area contributed by atoms with Crippen LogP contribution in [0.2, 0.25) is 0 Å². The Labute approximate surface area is 194 Å². The van der Waals surface area contributed by atoms with Gasteiger partial charge in [-0.05, 0) is 55.5 Å². The van der Waals surface area contributed by atoms with Gasteiger partial charge in [-0.3, -0.25) is 0 Å². The average Bonchev–Trinajstić information content (AvgIpc) is 3.28. The van der Waals surface area contributed by atoms with E-state index in [0.29, 0.717) is 25.5 Å². The van der Waals surface area contributed by atoms with Gasteiger partial charge in [-0.15, -0.1) is 12.4 Å². The summed E-state index contributed by atoms with van der Waals surface area (Å²) >= 11 is 0. The number of unbranched alkanes of at least 4 members (excludes halogenated alkanes) is 3. The van der Waals surface area contributed by atoms with E-state index in [1.165, 1.54) is 0 Å². The van der Waals surface area contributed by atoms with Gasteiger partial charge >= 0.3 is 5.97 Å². The van der Waals surface area contributed by atoms with Crippen molar-refractivity contribution >= 4 is 24.5 Å². The Balaban J connectivity index is 0.00000363. The molecule has 0 aliphatic heterocycles. The van der Waals surface area contributed by atoms with Gasteiger partial charge in [0, 0.05) is 30.6 Å². The third-order valence-electron chi connectivity index (χ3n) is 4.72. The number of nitrogens with zero attached hydrogens (tertiary/aromatic N) is 2. The van der Waals surface area contributed by atoms with E-state index in [-0.39, 0.29) is 12.4 Å². The van der Waals surface area contributed by atoms with E-state index in [0.717, 1.165) is 48.6 Å². The molecule has 0 spiro atoms. The van der Waals surface area contributed by atoms with Gasteiger partial charge in [0.1, 0.15) is 11.5 Å². The third kappa shape index (κ3) is 8.86. The number of carboxylic acid groups (broad SMARTS) is 1. The minimum atomic E-state index is -0.980. The van der Waals surface area contributed by atoms with Crippen LogP contribution in [0.25, 0.3) is 6.08 Å². The fourth-order valence-electron chi connectivity index (χ4n) is 3.14. The molecule has 0 saturated carbocycles. The second kappa shape index (κ2) is 13.9. The molecule has 2 aromatic carbocycles. The van der Waals surface area contributed by atoms with Gasteiger partial charge in [-0.25, -0.2) is 9.78 Å². The Hall–Kier alpha value is -3.25. The van der Waals surface area contributed by atoms with E-state index in [9.17, 15) is 4.79 Å². The molecular formula is C25H29ClN2O4. The van der Waals surface area contributed by atoms with Crippen LogP contribution in [-0.2, 0) is 11.3 Å².